The number of carbonyl (C=O) groups is 1. The molecule has 0 spiro atoms. The van der Waals surface area contributed by atoms with E-state index in [1.54, 1.807) is 6.20 Å². The van der Waals surface area contributed by atoms with Crippen LogP contribution in [0.25, 0.3) is 0 Å². The summed E-state index contributed by atoms with van der Waals surface area (Å²) >= 11 is 0. The average molecular weight is 282 g/mol. The molecular formula is C16H18N4O. The molecule has 0 bridgehead atoms. The Kier molecular flexibility index (Phi) is 3.81. The van der Waals surface area contributed by atoms with Gasteiger partial charge in [0.15, 0.2) is 0 Å². The van der Waals surface area contributed by atoms with Gasteiger partial charge < -0.3 is 10.6 Å². The second-order valence-corrected chi connectivity index (χ2v) is 5.13. The zero-order chi connectivity index (χ0) is 14.7. The van der Waals surface area contributed by atoms with Crippen LogP contribution in [-0.2, 0) is 6.42 Å². The third-order valence-corrected chi connectivity index (χ3v) is 3.70. The van der Waals surface area contributed by atoms with Crippen molar-refractivity contribution in [2.75, 3.05) is 18.4 Å². The number of hydrogen-bond acceptors (Lipinski definition) is 4. The van der Waals surface area contributed by atoms with E-state index in [0.717, 1.165) is 13.0 Å². The number of rotatable bonds is 5. The van der Waals surface area contributed by atoms with Crippen LogP contribution in [0.5, 0.6) is 0 Å². The zero-order valence-electron chi connectivity index (χ0n) is 12.0. The summed E-state index contributed by atoms with van der Waals surface area (Å²) in [4.78, 5) is 20.4. The largest absolute Gasteiger partial charge is 0.369 e. The van der Waals surface area contributed by atoms with Crippen LogP contribution in [0.2, 0.25) is 0 Å². The third kappa shape index (κ3) is 2.86. The molecule has 0 saturated heterocycles. The third-order valence-electron chi connectivity index (χ3n) is 3.70. The van der Waals surface area contributed by atoms with Crippen LogP contribution >= 0.6 is 0 Å². The molecule has 1 heterocycles. The molecule has 21 heavy (non-hydrogen) atoms. The summed E-state index contributed by atoms with van der Waals surface area (Å²) in [6.45, 7) is 3.37. The van der Waals surface area contributed by atoms with E-state index < -0.39 is 0 Å². The fraction of sp³-hybridized carbons (Fsp3) is 0.312. The van der Waals surface area contributed by atoms with E-state index in [0.29, 0.717) is 24.0 Å². The van der Waals surface area contributed by atoms with E-state index in [4.69, 9.17) is 0 Å². The molecule has 1 aliphatic carbocycles. The van der Waals surface area contributed by atoms with Crippen molar-refractivity contribution in [1.82, 2.24) is 15.3 Å². The summed E-state index contributed by atoms with van der Waals surface area (Å²) < 4.78 is 0. The first kappa shape index (κ1) is 13.5. The minimum absolute atomic E-state index is 0.174. The van der Waals surface area contributed by atoms with Crippen LogP contribution in [0.3, 0.4) is 0 Å². The van der Waals surface area contributed by atoms with Gasteiger partial charge in [-0.1, -0.05) is 24.3 Å². The SMILES string of the molecule is CCNc1cncc(C(=O)NCC2Cc3ccccc32)n1. The summed E-state index contributed by atoms with van der Waals surface area (Å²) in [6, 6.07) is 8.36. The summed E-state index contributed by atoms with van der Waals surface area (Å²) in [6.07, 6.45) is 4.13. The Bertz CT molecular complexity index is 656. The Labute approximate surface area is 123 Å². The number of carbonyl (C=O) groups excluding carboxylic acids is 1. The molecule has 0 fully saturated rings. The molecule has 2 N–H and O–H groups in total. The predicted octanol–water partition coefficient (Wildman–Crippen LogP) is 1.98. The monoisotopic (exact) mass is 282 g/mol. The molecule has 1 unspecified atom stereocenters. The molecule has 1 aromatic carbocycles. The lowest BCUT2D eigenvalue weighted by molar-refractivity contribution is 0.0945. The number of nitrogens with zero attached hydrogens (tertiary/aromatic N) is 2. The Hall–Kier alpha value is -2.43. The smallest absolute Gasteiger partial charge is 0.271 e. The molecule has 1 atom stereocenters. The highest BCUT2D eigenvalue weighted by atomic mass is 16.1. The van der Waals surface area contributed by atoms with Crippen LogP contribution in [0.1, 0.15) is 34.5 Å². The standard InChI is InChI=1S/C16H18N4O/c1-2-18-15-10-17-9-14(20-15)16(21)19-8-12-7-11-5-3-4-6-13(11)12/h3-6,9-10,12H,2,7-8H2,1H3,(H,18,20)(H,19,21). The van der Waals surface area contributed by atoms with Gasteiger partial charge in [0.05, 0.1) is 12.4 Å². The number of nitrogens with one attached hydrogen (secondary N) is 2. The molecule has 1 amide bonds. The highest BCUT2D eigenvalue weighted by Gasteiger charge is 2.25. The fourth-order valence-electron chi connectivity index (χ4n) is 2.59. The fourth-order valence-corrected chi connectivity index (χ4v) is 2.59. The van der Waals surface area contributed by atoms with Gasteiger partial charge in [0.25, 0.3) is 5.91 Å². The van der Waals surface area contributed by atoms with Crippen LogP contribution in [0.15, 0.2) is 36.7 Å². The summed E-state index contributed by atoms with van der Waals surface area (Å²) in [5.74, 6) is 0.862. The normalized spacial score (nSPS) is 15.8. The van der Waals surface area contributed by atoms with Gasteiger partial charge in [-0.25, -0.2) is 4.98 Å². The number of fused-ring (bicyclic) bond motifs is 1. The Balaban J connectivity index is 1.59. The van der Waals surface area contributed by atoms with Crippen molar-refractivity contribution >= 4 is 11.7 Å². The van der Waals surface area contributed by atoms with E-state index >= 15 is 0 Å². The van der Waals surface area contributed by atoms with Gasteiger partial charge in [-0.3, -0.25) is 9.78 Å². The van der Waals surface area contributed by atoms with Crippen molar-refractivity contribution in [3.05, 3.63) is 53.5 Å². The van der Waals surface area contributed by atoms with Gasteiger partial charge in [0, 0.05) is 19.0 Å². The lowest BCUT2D eigenvalue weighted by Crippen LogP contribution is -2.33. The number of amides is 1. The summed E-state index contributed by atoms with van der Waals surface area (Å²) in [5.41, 5.74) is 3.07. The van der Waals surface area contributed by atoms with Crippen molar-refractivity contribution in [3.63, 3.8) is 0 Å². The highest BCUT2D eigenvalue weighted by molar-refractivity contribution is 5.92. The molecule has 1 aliphatic rings. The molecule has 5 heteroatoms. The first-order chi connectivity index (χ1) is 10.3. The predicted molar refractivity (Wildman–Crippen MR) is 81.4 cm³/mol. The molecule has 3 rings (SSSR count). The van der Waals surface area contributed by atoms with Crippen LogP contribution in [-0.4, -0.2) is 29.0 Å². The minimum atomic E-state index is -0.174. The Morgan fingerprint density at radius 2 is 2.19 bits per heavy atom. The Morgan fingerprint density at radius 1 is 1.33 bits per heavy atom. The molecule has 1 aromatic heterocycles. The molecular weight excluding hydrogens is 264 g/mol. The number of aromatic nitrogens is 2. The quantitative estimate of drug-likeness (QED) is 0.880. The van der Waals surface area contributed by atoms with Gasteiger partial charge >= 0.3 is 0 Å². The zero-order valence-corrected chi connectivity index (χ0v) is 12.0. The maximum absolute atomic E-state index is 12.1. The molecule has 2 aromatic rings. The molecule has 0 radical (unpaired) electrons. The topological polar surface area (TPSA) is 66.9 Å². The van der Waals surface area contributed by atoms with E-state index in [2.05, 4.69) is 38.8 Å². The summed E-state index contributed by atoms with van der Waals surface area (Å²) in [5, 5.41) is 5.99. The number of anilines is 1. The van der Waals surface area contributed by atoms with Gasteiger partial charge in [0.2, 0.25) is 0 Å². The molecule has 108 valence electrons. The second-order valence-electron chi connectivity index (χ2n) is 5.13. The van der Waals surface area contributed by atoms with Crippen molar-refractivity contribution in [2.45, 2.75) is 19.3 Å². The number of hydrogen-bond donors (Lipinski definition) is 2. The van der Waals surface area contributed by atoms with Gasteiger partial charge in [-0.2, -0.15) is 0 Å². The molecule has 0 saturated carbocycles. The number of benzene rings is 1. The minimum Gasteiger partial charge on any atom is -0.369 e. The molecule has 0 aliphatic heterocycles. The second kappa shape index (κ2) is 5.91. The van der Waals surface area contributed by atoms with Crippen molar-refractivity contribution < 1.29 is 4.79 Å². The highest BCUT2D eigenvalue weighted by Crippen LogP contribution is 2.33. The van der Waals surface area contributed by atoms with Crippen molar-refractivity contribution in [3.8, 4) is 0 Å². The van der Waals surface area contributed by atoms with Gasteiger partial charge in [0.1, 0.15) is 11.5 Å². The van der Waals surface area contributed by atoms with E-state index in [1.165, 1.54) is 17.3 Å². The lowest BCUT2D eigenvalue weighted by atomic mass is 9.77. The average Bonchev–Trinajstić information content (AvgIpc) is 2.48. The maximum Gasteiger partial charge on any atom is 0.271 e. The lowest BCUT2D eigenvalue weighted by Gasteiger charge is -2.30. The van der Waals surface area contributed by atoms with Crippen molar-refractivity contribution in [2.24, 2.45) is 0 Å². The van der Waals surface area contributed by atoms with E-state index in [9.17, 15) is 4.79 Å². The van der Waals surface area contributed by atoms with Gasteiger partial charge in [-0.15, -0.1) is 0 Å². The van der Waals surface area contributed by atoms with Crippen LogP contribution < -0.4 is 10.6 Å². The summed E-state index contributed by atoms with van der Waals surface area (Å²) in [7, 11) is 0. The van der Waals surface area contributed by atoms with Crippen LogP contribution in [0.4, 0.5) is 5.82 Å². The first-order valence-electron chi connectivity index (χ1n) is 7.20. The van der Waals surface area contributed by atoms with E-state index in [1.807, 2.05) is 13.0 Å². The molecule has 5 nitrogen and oxygen atoms in total. The van der Waals surface area contributed by atoms with Gasteiger partial charge in [-0.05, 0) is 24.5 Å². The maximum atomic E-state index is 12.1. The Morgan fingerprint density at radius 3 is 3.00 bits per heavy atom. The van der Waals surface area contributed by atoms with E-state index in [-0.39, 0.29) is 5.91 Å². The first-order valence-corrected chi connectivity index (χ1v) is 7.20. The van der Waals surface area contributed by atoms with Crippen LogP contribution in [0, 0.1) is 0 Å². The van der Waals surface area contributed by atoms with Crippen molar-refractivity contribution in [1.29, 1.82) is 0 Å².